The molecule has 0 unspecified atom stereocenters. The molecule has 1 aromatic heterocycles. The fourth-order valence-electron chi connectivity index (χ4n) is 4.25. The predicted octanol–water partition coefficient (Wildman–Crippen LogP) is 6.80. The molecule has 0 radical (unpaired) electrons. The summed E-state index contributed by atoms with van der Waals surface area (Å²) in [5.41, 5.74) is 4.81. The van der Waals surface area contributed by atoms with Crippen LogP contribution in [0.4, 0.5) is 0 Å². The van der Waals surface area contributed by atoms with Crippen molar-refractivity contribution in [3.8, 4) is 0 Å². The van der Waals surface area contributed by atoms with Crippen molar-refractivity contribution in [2.45, 2.75) is 31.8 Å². The molecule has 3 nitrogen and oxygen atoms in total. The lowest BCUT2D eigenvalue weighted by Crippen LogP contribution is -2.20. The van der Waals surface area contributed by atoms with Gasteiger partial charge in [-0.15, -0.1) is 0 Å². The number of nitrogens with zero attached hydrogens (tertiary/aromatic N) is 1. The summed E-state index contributed by atoms with van der Waals surface area (Å²) in [6.45, 7) is 3.66. The van der Waals surface area contributed by atoms with Crippen LogP contribution in [0.3, 0.4) is 0 Å². The number of rotatable bonds is 7. The second-order valence-corrected chi connectivity index (χ2v) is 9.22. The van der Waals surface area contributed by atoms with Gasteiger partial charge in [-0.1, -0.05) is 78.3 Å². The zero-order valence-electron chi connectivity index (χ0n) is 18.9. The van der Waals surface area contributed by atoms with Crippen LogP contribution in [-0.4, -0.2) is 21.8 Å². The molecule has 0 fully saturated rings. The van der Waals surface area contributed by atoms with E-state index in [0.29, 0.717) is 11.4 Å². The van der Waals surface area contributed by atoms with Crippen LogP contribution in [0.5, 0.6) is 0 Å². The highest BCUT2D eigenvalue weighted by Gasteiger charge is 2.25. The summed E-state index contributed by atoms with van der Waals surface area (Å²) in [5.74, 6) is -0.0214. The molecule has 0 aliphatic rings. The summed E-state index contributed by atoms with van der Waals surface area (Å²) in [7, 11) is 0. The SMILES string of the molecule is CC(C)(O)c1ccccc1[C@H](CCO)c1cccc(/C=C\c2ccc3ccc(Cl)cc3n2)c1. The van der Waals surface area contributed by atoms with E-state index in [1.54, 1.807) is 13.8 Å². The highest BCUT2D eigenvalue weighted by atomic mass is 35.5. The highest BCUT2D eigenvalue weighted by Crippen LogP contribution is 2.35. The lowest BCUT2D eigenvalue weighted by atomic mass is 9.81. The molecular weight excluding hydrogens is 430 g/mol. The summed E-state index contributed by atoms with van der Waals surface area (Å²) in [5, 5.41) is 22.2. The molecule has 1 heterocycles. The molecule has 2 N–H and O–H groups in total. The van der Waals surface area contributed by atoms with Crippen LogP contribution in [0.15, 0.2) is 78.9 Å². The van der Waals surface area contributed by atoms with Gasteiger partial charge in [0, 0.05) is 22.9 Å². The minimum absolute atomic E-state index is 0.0214. The quantitative estimate of drug-likeness (QED) is 0.321. The van der Waals surface area contributed by atoms with Gasteiger partial charge in [0.05, 0.1) is 16.8 Å². The lowest BCUT2D eigenvalue weighted by molar-refractivity contribution is 0.0772. The zero-order chi connectivity index (χ0) is 23.4. The molecule has 0 aliphatic carbocycles. The van der Waals surface area contributed by atoms with Crippen molar-refractivity contribution < 1.29 is 10.2 Å². The number of halogens is 1. The minimum Gasteiger partial charge on any atom is -0.396 e. The lowest BCUT2D eigenvalue weighted by Gasteiger charge is -2.27. The van der Waals surface area contributed by atoms with Crippen LogP contribution in [0.1, 0.15) is 54.1 Å². The van der Waals surface area contributed by atoms with Crippen LogP contribution >= 0.6 is 11.6 Å². The second-order valence-electron chi connectivity index (χ2n) is 8.79. The van der Waals surface area contributed by atoms with Crippen molar-refractivity contribution in [1.82, 2.24) is 4.98 Å². The Morgan fingerprint density at radius 2 is 1.73 bits per heavy atom. The average Bonchev–Trinajstić information content (AvgIpc) is 2.80. The number of fused-ring (bicyclic) bond motifs is 1. The number of benzene rings is 3. The maximum atomic E-state index is 10.7. The molecule has 168 valence electrons. The molecule has 4 heteroatoms. The van der Waals surface area contributed by atoms with E-state index >= 15 is 0 Å². The summed E-state index contributed by atoms with van der Waals surface area (Å²) >= 11 is 6.11. The topological polar surface area (TPSA) is 53.4 Å². The Bertz CT molecular complexity index is 1290. The Balaban J connectivity index is 1.67. The second kappa shape index (κ2) is 9.88. The first-order valence-electron chi connectivity index (χ1n) is 11.1. The maximum absolute atomic E-state index is 10.7. The van der Waals surface area contributed by atoms with Crippen LogP contribution in [0.2, 0.25) is 5.02 Å². The van der Waals surface area contributed by atoms with Crippen LogP contribution < -0.4 is 0 Å². The standard InChI is InChI=1S/C29H28ClNO2/c1-29(2,33)27-9-4-3-8-26(27)25(16-17-32)22-7-5-6-20(18-22)10-14-24-15-12-21-11-13-23(30)19-28(21)31-24/h3-15,18-19,25,32-33H,16-17H2,1-2H3/b14-10-/t25-/m1/s1. The van der Waals surface area contributed by atoms with Crippen molar-refractivity contribution in [3.05, 3.63) is 112 Å². The Morgan fingerprint density at radius 3 is 2.52 bits per heavy atom. The molecule has 0 saturated heterocycles. The third-order valence-electron chi connectivity index (χ3n) is 5.85. The first kappa shape index (κ1) is 23.2. The fourth-order valence-corrected chi connectivity index (χ4v) is 4.42. The van der Waals surface area contributed by atoms with Gasteiger partial charge in [0.2, 0.25) is 0 Å². The normalized spacial score (nSPS) is 13.0. The van der Waals surface area contributed by atoms with Crippen LogP contribution in [0, 0.1) is 0 Å². The number of aliphatic hydroxyl groups excluding tert-OH is 1. The number of hydrogen-bond donors (Lipinski definition) is 2. The third-order valence-corrected chi connectivity index (χ3v) is 6.08. The first-order valence-corrected chi connectivity index (χ1v) is 11.5. The van der Waals surface area contributed by atoms with Crippen LogP contribution in [0.25, 0.3) is 23.1 Å². The average molecular weight is 458 g/mol. The highest BCUT2D eigenvalue weighted by molar-refractivity contribution is 6.31. The van der Waals surface area contributed by atoms with Crippen LogP contribution in [-0.2, 0) is 5.60 Å². The number of aromatic nitrogens is 1. The zero-order valence-corrected chi connectivity index (χ0v) is 19.6. The van der Waals surface area contributed by atoms with Crippen molar-refractivity contribution in [1.29, 1.82) is 0 Å². The number of aliphatic hydroxyl groups is 2. The van der Waals surface area contributed by atoms with E-state index in [0.717, 1.165) is 38.9 Å². The molecule has 3 aromatic carbocycles. The Morgan fingerprint density at radius 1 is 0.939 bits per heavy atom. The van der Waals surface area contributed by atoms with Crippen molar-refractivity contribution in [3.63, 3.8) is 0 Å². The molecule has 4 aromatic rings. The molecule has 0 saturated carbocycles. The molecule has 1 atom stereocenters. The summed E-state index contributed by atoms with van der Waals surface area (Å²) < 4.78 is 0. The van der Waals surface area contributed by atoms with E-state index in [4.69, 9.17) is 16.6 Å². The van der Waals surface area contributed by atoms with Gasteiger partial charge in [-0.05, 0) is 66.8 Å². The minimum atomic E-state index is -0.966. The predicted molar refractivity (Wildman–Crippen MR) is 137 cm³/mol. The van der Waals surface area contributed by atoms with E-state index in [1.165, 1.54) is 0 Å². The summed E-state index contributed by atoms with van der Waals surface area (Å²) in [6.07, 6.45) is 4.61. The van der Waals surface area contributed by atoms with Gasteiger partial charge in [0.1, 0.15) is 0 Å². The van der Waals surface area contributed by atoms with Gasteiger partial charge in [-0.2, -0.15) is 0 Å². The Labute approximate surface area is 200 Å². The molecule has 0 bridgehead atoms. The third kappa shape index (κ3) is 5.51. The van der Waals surface area contributed by atoms with E-state index in [-0.39, 0.29) is 12.5 Å². The van der Waals surface area contributed by atoms with Gasteiger partial charge >= 0.3 is 0 Å². The van der Waals surface area contributed by atoms with Gasteiger partial charge < -0.3 is 10.2 Å². The Hall–Kier alpha value is -2.98. The molecule has 0 amide bonds. The van der Waals surface area contributed by atoms with Gasteiger partial charge in [-0.25, -0.2) is 4.98 Å². The van der Waals surface area contributed by atoms with Gasteiger partial charge in [-0.3, -0.25) is 0 Å². The molecule has 4 rings (SSSR count). The van der Waals surface area contributed by atoms with Crippen molar-refractivity contribution in [2.24, 2.45) is 0 Å². The molecule has 33 heavy (non-hydrogen) atoms. The van der Waals surface area contributed by atoms with Gasteiger partial charge in [0.15, 0.2) is 0 Å². The van der Waals surface area contributed by atoms with E-state index in [2.05, 4.69) is 18.2 Å². The van der Waals surface area contributed by atoms with E-state index in [9.17, 15) is 10.2 Å². The van der Waals surface area contributed by atoms with Gasteiger partial charge in [0.25, 0.3) is 0 Å². The maximum Gasteiger partial charge on any atom is 0.0843 e. The van der Waals surface area contributed by atoms with Crippen molar-refractivity contribution in [2.75, 3.05) is 6.61 Å². The van der Waals surface area contributed by atoms with E-state index in [1.807, 2.05) is 72.8 Å². The number of hydrogen-bond acceptors (Lipinski definition) is 3. The molecular formula is C29H28ClNO2. The largest absolute Gasteiger partial charge is 0.396 e. The monoisotopic (exact) mass is 457 g/mol. The molecule has 0 spiro atoms. The smallest absolute Gasteiger partial charge is 0.0843 e. The van der Waals surface area contributed by atoms with E-state index < -0.39 is 5.60 Å². The fraction of sp³-hybridized carbons (Fsp3) is 0.207. The Kier molecular flexibility index (Phi) is 6.94. The summed E-state index contributed by atoms with van der Waals surface area (Å²) in [4.78, 5) is 4.69. The molecule has 0 aliphatic heterocycles. The summed E-state index contributed by atoms with van der Waals surface area (Å²) in [6, 6.07) is 26.0. The number of pyridine rings is 1. The first-order chi connectivity index (χ1) is 15.8. The van der Waals surface area contributed by atoms with Crippen molar-refractivity contribution >= 4 is 34.7 Å².